The molecule has 0 spiro atoms. The molecule has 0 rings (SSSR count). The Bertz CT molecular complexity index is 144. The molecule has 1 heteroatoms. The summed E-state index contributed by atoms with van der Waals surface area (Å²) >= 11 is 0. The van der Waals surface area contributed by atoms with E-state index in [0.717, 1.165) is 17.8 Å². The molecule has 0 aliphatic heterocycles. The van der Waals surface area contributed by atoms with E-state index in [9.17, 15) is 0 Å². The summed E-state index contributed by atoms with van der Waals surface area (Å²) in [6.07, 6.45) is 7.00. The third-order valence-corrected chi connectivity index (χ3v) is 3.30. The smallest absolute Gasteiger partial charge is 0.0654 e. The summed E-state index contributed by atoms with van der Waals surface area (Å²) in [5, 5.41) is 0. The molecule has 0 atom stereocenters. The van der Waals surface area contributed by atoms with Gasteiger partial charge in [0.05, 0.1) is 0 Å². The van der Waals surface area contributed by atoms with E-state index in [0.29, 0.717) is 5.41 Å². The van der Waals surface area contributed by atoms with Gasteiger partial charge in [-0.3, -0.25) is 0 Å². The third kappa shape index (κ3) is 9.15. The van der Waals surface area contributed by atoms with Crippen molar-refractivity contribution < 1.29 is 0 Å². The van der Waals surface area contributed by atoms with E-state index in [1.807, 2.05) is 0 Å². The Labute approximate surface area is 121 Å². The number of rotatable bonds is 8. The molecule has 0 N–H and O–H groups in total. The fourth-order valence-electron chi connectivity index (χ4n) is 3.68. The first-order chi connectivity index (χ1) is 7.31. The molecule has 0 saturated carbocycles. The van der Waals surface area contributed by atoms with E-state index in [-0.39, 0.29) is 17.4 Å². The average Bonchev–Trinajstić information content (AvgIpc) is 1.98. The van der Waals surface area contributed by atoms with E-state index in [4.69, 9.17) is 0 Å². The van der Waals surface area contributed by atoms with Gasteiger partial charge in [0, 0.05) is 0 Å². The van der Waals surface area contributed by atoms with Crippen LogP contribution in [-0.2, 0) is 0 Å². The van der Waals surface area contributed by atoms with Crippen LogP contribution in [0.5, 0.6) is 0 Å². The van der Waals surface area contributed by atoms with Crippen molar-refractivity contribution in [1.82, 2.24) is 0 Å². The van der Waals surface area contributed by atoms with Crippen molar-refractivity contribution in [1.29, 1.82) is 0 Å². The Kier molecular flexibility index (Phi) is 11.1. The van der Waals surface area contributed by atoms with Crippen LogP contribution >= 0.6 is 0 Å². The summed E-state index contributed by atoms with van der Waals surface area (Å²) in [7, 11) is 0. The zero-order valence-corrected chi connectivity index (χ0v) is 12.8. The molecule has 0 aromatic carbocycles. The van der Waals surface area contributed by atoms with Crippen molar-refractivity contribution in [3.8, 4) is 0 Å². The SMILES string of the molecule is CCCC(CC(C)C)(CC(C)C)CC(C)C.[AlH3]. The van der Waals surface area contributed by atoms with E-state index in [1.165, 1.54) is 32.1 Å². The Morgan fingerprint density at radius 2 is 1.00 bits per heavy atom. The zero-order valence-electron chi connectivity index (χ0n) is 12.8. The van der Waals surface area contributed by atoms with Crippen molar-refractivity contribution >= 4 is 17.4 Å². The molecule has 104 valence electrons. The van der Waals surface area contributed by atoms with Gasteiger partial charge in [0.25, 0.3) is 0 Å². The van der Waals surface area contributed by atoms with Crippen molar-refractivity contribution in [2.75, 3.05) is 0 Å². The molecule has 0 bridgehead atoms. The summed E-state index contributed by atoms with van der Waals surface area (Å²) in [5.41, 5.74) is 0.616. The maximum absolute atomic E-state index is 2.38. The topological polar surface area (TPSA) is 0 Å². The lowest BCUT2D eigenvalue weighted by Crippen LogP contribution is -2.27. The average molecular weight is 256 g/mol. The van der Waals surface area contributed by atoms with Crippen LogP contribution < -0.4 is 0 Å². The summed E-state index contributed by atoms with van der Waals surface area (Å²) in [6, 6.07) is 0. The second-order valence-electron chi connectivity index (χ2n) is 7.04. The van der Waals surface area contributed by atoms with Gasteiger partial charge in [0.2, 0.25) is 0 Å². The molecule has 0 nitrogen and oxygen atoms in total. The maximum Gasteiger partial charge on any atom is 0.187 e. The Morgan fingerprint density at radius 1 is 0.706 bits per heavy atom. The molecule has 0 heterocycles. The highest BCUT2D eigenvalue weighted by Gasteiger charge is 2.31. The molecule has 0 saturated heterocycles. The van der Waals surface area contributed by atoms with Crippen LogP contribution in [0.3, 0.4) is 0 Å². The van der Waals surface area contributed by atoms with E-state index < -0.39 is 0 Å². The first-order valence-electron chi connectivity index (χ1n) is 7.31. The van der Waals surface area contributed by atoms with Gasteiger partial charge in [-0.2, -0.15) is 0 Å². The Balaban J connectivity index is 0. The first kappa shape index (κ1) is 19.9. The summed E-state index contributed by atoms with van der Waals surface area (Å²) in [6.45, 7) is 16.6. The Morgan fingerprint density at radius 3 is 1.18 bits per heavy atom. The molecule has 0 aromatic rings. The summed E-state index contributed by atoms with van der Waals surface area (Å²) in [5.74, 6) is 2.51. The molecular formula is C16H37Al. The maximum atomic E-state index is 2.38. The van der Waals surface area contributed by atoms with Crippen LogP contribution in [0.4, 0.5) is 0 Å². The predicted molar refractivity (Wildman–Crippen MR) is 85.6 cm³/mol. The van der Waals surface area contributed by atoms with Crippen molar-refractivity contribution in [2.24, 2.45) is 23.2 Å². The van der Waals surface area contributed by atoms with Gasteiger partial charge in [0.15, 0.2) is 17.4 Å². The lowest BCUT2D eigenvalue weighted by Gasteiger charge is -2.38. The molecule has 0 amide bonds. The van der Waals surface area contributed by atoms with Gasteiger partial charge < -0.3 is 0 Å². The highest BCUT2D eigenvalue weighted by Crippen LogP contribution is 2.43. The molecule has 0 aliphatic rings. The van der Waals surface area contributed by atoms with Gasteiger partial charge in [-0.15, -0.1) is 0 Å². The van der Waals surface area contributed by atoms with Crippen LogP contribution in [0.2, 0.25) is 0 Å². The highest BCUT2D eigenvalue weighted by molar-refractivity contribution is 5.75. The molecule has 17 heavy (non-hydrogen) atoms. The molecular weight excluding hydrogens is 219 g/mol. The largest absolute Gasteiger partial charge is 0.187 e. The van der Waals surface area contributed by atoms with E-state index in [2.05, 4.69) is 48.5 Å². The van der Waals surface area contributed by atoms with Crippen LogP contribution in [0, 0.1) is 23.2 Å². The van der Waals surface area contributed by atoms with Crippen LogP contribution in [0.15, 0.2) is 0 Å². The molecule has 0 unspecified atom stereocenters. The molecule has 0 radical (unpaired) electrons. The number of hydrogen-bond acceptors (Lipinski definition) is 0. The predicted octanol–water partition coefficient (Wildman–Crippen LogP) is 4.73. The standard InChI is InChI=1S/C16H34.Al.3H/c1-8-9-16(10-13(2)3,11-14(4)5)12-15(6)7;;;;/h13-15H,8-12H2,1-7H3;;;;. The van der Waals surface area contributed by atoms with Gasteiger partial charge in [0.1, 0.15) is 0 Å². The highest BCUT2D eigenvalue weighted by atomic mass is 27.0. The zero-order chi connectivity index (χ0) is 12.8. The van der Waals surface area contributed by atoms with Gasteiger partial charge in [-0.05, 0) is 48.9 Å². The minimum absolute atomic E-state index is 0. The van der Waals surface area contributed by atoms with Gasteiger partial charge in [-0.25, -0.2) is 0 Å². The molecule has 0 aromatic heterocycles. The lowest BCUT2D eigenvalue weighted by molar-refractivity contribution is 0.128. The van der Waals surface area contributed by atoms with Gasteiger partial charge in [-0.1, -0.05) is 54.9 Å². The molecule has 0 fully saturated rings. The Hall–Kier alpha value is 0.532. The number of hydrogen-bond donors (Lipinski definition) is 0. The third-order valence-electron chi connectivity index (χ3n) is 3.30. The fraction of sp³-hybridized carbons (Fsp3) is 1.00. The minimum Gasteiger partial charge on any atom is -0.0654 e. The summed E-state index contributed by atoms with van der Waals surface area (Å²) in [4.78, 5) is 0. The lowest BCUT2D eigenvalue weighted by atomic mass is 9.67. The van der Waals surface area contributed by atoms with Crippen LogP contribution in [0.25, 0.3) is 0 Å². The van der Waals surface area contributed by atoms with Crippen LogP contribution in [0.1, 0.15) is 80.6 Å². The quantitative estimate of drug-likeness (QED) is 0.551. The van der Waals surface area contributed by atoms with Gasteiger partial charge >= 0.3 is 0 Å². The van der Waals surface area contributed by atoms with Crippen molar-refractivity contribution in [3.05, 3.63) is 0 Å². The molecule has 0 aliphatic carbocycles. The monoisotopic (exact) mass is 256 g/mol. The minimum atomic E-state index is 0. The normalized spacial score (nSPS) is 12.4. The second-order valence-corrected chi connectivity index (χ2v) is 7.04. The fourth-order valence-corrected chi connectivity index (χ4v) is 3.68. The van der Waals surface area contributed by atoms with E-state index in [1.54, 1.807) is 0 Å². The first-order valence-corrected chi connectivity index (χ1v) is 7.31. The summed E-state index contributed by atoms with van der Waals surface area (Å²) < 4.78 is 0. The second kappa shape index (κ2) is 9.46. The van der Waals surface area contributed by atoms with Crippen molar-refractivity contribution in [2.45, 2.75) is 80.6 Å². The van der Waals surface area contributed by atoms with E-state index >= 15 is 0 Å². The van der Waals surface area contributed by atoms with Crippen LogP contribution in [-0.4, -0.2) is 17.4 Å². The van der Waals surface area contributed by atoms with Crippen molar-refractivity contribution in [3.63, 3.8) is 0 Å².